The van der Waals surface area contributed by atoms with Gasteiger partial charge < -0.3 is 34.6 Å². The third-order valence-corrected chi connectivity index (χ3v) is 7.60. The number of ether oxygens (including phenoxy) is 3. The van der Waals surface area contributed by atoms with E-state index >= 15 is 0 Å². The van der Waals surface area contributed by atoms with Crippen molar-refractivity contribution >= 4 is 11.9 Å². The fourth-order valence-electron chi connectivity index (χ4n) is 5.01. The molecule has 0 unspecified atom stereocenters. The molecule has 0 aromatic heterocycles. The third kappa shape index (κ3) is 12.7. The molecular formula is C29H54O9. The molecule has 0 aromatic rings. The molecule has 1 fully saturated rings. The molecule has 38 heavy (non-hydrogen) atoms. The molecule has 0 aromatic carbocycles. The van der Waals surface area contributed by atoms with Crippen molar-refractivity contribution in [1.29, 1.82) is 0 Å². The maximum Gasteiger partial charge on any atom is 0.308 e. The maximum absolute atomic E-state index is 13.1. The molecule has 0 spiro atoms. The van der Waals surface area contributed by atoms with Crippen molar-refractivity contribution in [2.24, 2.45) is 5.92 Å². The Hall–Kier alpha value is -1.26. The molecule has 1 heterocycles. The van der Waals surface area contributed by atoms with Crippen LogP contribution in [0.3, 0.4) is 0 Å². The number of carboxylic acids is 1. The van der Waals surface area contributed by atoms with Crippen molar-refractivity contribution in [2.45, 2.75) is 167 Å². The van der Waals surface area contributed by atoms with Gasteiger partial charge in [0.2, 0.25) is 0 Å². The van der Waals surface area contributed by atoms with E-state index in [0.29, 0.717) is 12.8 Å². The van der Waals surface area contributed by atoms with E-state index in [1.54, 1.807) is 20.8 Å². The second-order valence-electron chi connectivity index (χ2n) is 11.4. The van der Waals surface area contributed by atoms with E-state index in [1.165, 1.54) is 0 Å². The number of aliphatic hydroxyl groups excluding tert-OH is 3. The summed E-state index contributed by atoms with van der Waals surface area (Å²) in [6, 6.07) is 0. The minimum atomic E-state index is -1.45. The van der Waals surface area contributed by atoms with Crippen molar-refractivity contribution in [3.8, 4) is 0 Å². The Morgan fingerprint density at radius 3 is 1.92 bits per heavy atom. The Morgan fingerprint density at radius 2 is 1.37 bits per heavy atom. The maximum atomic E-state index is 13.1. The Balaban J connectivity index is 2.84. The van der Waals surface area contributed by atoms with Crippen LogP contribution in [0.1, 0.15) is 125 Å². The van der Waals surface area contributed by atoms with E-state index in [1.807, 2.05) is 0 Å². The number of esters is 1. The first-order valence-corrected chi connectivity index (χ1v) is 14.7. The first kappa shape index (κ1) is 34.8. The highest BCUT2D eigenvalue weighted by Gasteiger charge is 2.43. The average molecular weight is 547 g/mol. The number of carbonyl (C=O) groups excluding carboxylic acids is 1. The van der Waals surface area contributed by atoms with Gasteiger partial charge in [0.05, 0.1) is 25.0 Å². The molecule has 0 amide bonds. The number of unbranched alkanes of at least 4 members (excludes halogenated alkanes) is 8. The molecular weight excluding hydrogens is 492 g/mol. The monoisotopic (exact) mass is 546 g/mol. The number of aliphatic carboxylic acids is 1. The second-order valence-corrected chi connectivity index (χ2v) is 11.4. The van der Waals surface area contributed by atoms with Crippen molar-refractivity contribution in [2.75, 3.05) is 0 Å². The van der Waals surface area contributed by atoms with Gasteiger partial charge >= 0.3 is 11.9 Å². The molecule has 7 atom stereocenters. The fourth-order valence-corrected chi connectivity index (χ4v) is 5.01. The lowest BCUT2D eigenvalue weighted by atomic mass is 9.83. The third-order valence-electron chi connectivity index (χ3n) is 7.60. The van der Waals surface area contributed by atoms with Gasteiger partial charge in [-0.1, -0.05) is 78.1 Å². The minimum Gasteiger partial charge on any atom is -0.481 e. The first-order valence-electron chi connectivity index (χ1n) is 14.7. The van der Waals surface area contributed by atoms with Gasteiger partial charge in [0.25, 0.3) is 0 Å². The van der Waals surface area contributed by atoms with Crippen molar-refractivity contribution in [3.05, 3.63) is 0 Å². The summed E-state index contributed by atoms with van der Waals surface area (Å²) in [5, 5.41) is 40.0. The predicted octanol–water partition coefficient (Wildman–Crippen LogP) is 4.72. The minimum absolute atomic E-state index is 0.0778. The zero-order chi connectivity index (χ0) is 28.7. The number of rotatable bonds is 20. The summed E-state index contributed by atoms with van der Waals surface area (Å²) in [6.45, 7) is 9.38. The smallest absolute Gasteiger partial charge is 0.308 e. The van der Waals surface area contributed by atoms with Crippen LogP contribution in [0, 0.1) is 5.92 Å². The van der Waals surface area contributed by atoms with Crippen molar-refractivity contribution in [1.82, 2.24) is 0 Å². The summed E-state index contributed by atoms with van der Waals surface area (Å²) in [5.74, 6) is -1.74. The molecule has 224 valence electrons. The fraction of sp³-hybridized carbons (Fsp3) is 0.931. The molecule has 1 rings (SSSR count). The second kappa shape index (κ2) is 18.2. The highest BCUT2D eigenvalue weighted by Crippen LogP contribution is 2.31. The highest BCUT2D eigenvalue weighted by molar-refractivity contribution is 5.71. The van der Waals surface area contributed by atoms with Crippen molar-refractivity contribution in [3.63, 3.8) is 0 Å². The Kier molecular flexibility index (Phi) is 16.6. The summed E-state index contributed by atoms with van der Waals surface area (Å²) in [5.41, 5.74) is -0.971. The zero-order valence-corrected chi connectivity index (χ0v) is 24.3. The molecule has 9 heteroatoms. The first-order chi connectivity index (χ1) is 17.9. The molecule has 0 radical (unpaired) electrons. The van der Waals surface area contributed by atoms with E-state index in [9.17, 15) is 30.0 Å². The average Bonchev–Trinajstić information content (AvgIpc) is 2.84. The summed E-state index contributed by atoms with van der Waals surface area (Å²) >= 11 is 0. The summed E-state index contributed by atoms with van der Waals surface area (Å²) < 4.78 is 17.4. The lowest BCUT2D eigenvalue weighted by Gasteiger charge is -2.40. The number of hydrogen-bond donors (Lipinski definition) is 4. The van der Waals surface area contributed by atoms with E-state index in [4.69, 9.17) is 14.2 Å². The summed E-state index contributed by atoms with van der Waals surface area (Å²) in [6.07, 6.45) is 4.72. The van der Waals surface area contributed by atoms with Crippen LogP contribution in [0.4, 0.5) is 0 Å². The Morgan fingerprint density at radius 1 is 0.816 bits per heavy atom. The molecule has 1 aliphatic heterocycles. The zero-order valence-electron chi connectivity index (χ0n) is 24.3. The molecule has 1 saturated heterocycles. The quantitative estimate of drug-likeness (QED) is 0.126. The molecule has 0 aliphatic carbocycles. The largest absolute Gasteiger partial charge is 0.481 e. The van der Waals surface area contributed by atoms with E-state index in [2.05, 4.69) is 13.8 Å². The van der Waals surface area contributed by atoms with Gasteiger partial charge in [-0.25, -0.2) is 0 Å². The topological polar surface area (TPSA) is 143 Å². The van der Waals surface area contributed by atoms with Crippen LogP contribution in [-0.4, -0.2) is 74.8 Å². The number of hydrogen-bond acceptors (Lipinski definition) is 8. The van der Waals surface area contributed by atoms with Gasteiger partial charge in [0.15, 0.2) is 6.29 Å². The number of aliphatic hydroxyl groups is 3. The van der Waals surface area contributed by atoms with Crippen LogP contribution in [0.15, 0.2) is 0 Å². The SMILES string of the molecule is CCCCCCC[C@H](CC(=O)OC(C)(C)[C@H](CCCCCCC)CC(=O)O)O[C@H]1O[C@H](C)[C@@H](O)[C@@H](O)[C@H]1O. The summed E-state index contributed by atoms with van der Waals surface area (Å²) in [4.78, 5) is 24.6. The Labute approximate surface area is 229 Å². The van der Waals surface area contributed by atoms with E-state index in [0.717, 1.165) is 64.2 Å². The van der Waals surface area contributed by atoms with Crippen molar-refractivity contribution < 1.29 is 44.2 Å². The van der Waals surface area contributed by atoms with Crippen LogP contribution >= 0.6 is 0 Å². The standard InChI is InChI=1S/C29H54O9/c1-6-8-10-12-14-16-21(18-23(30)31)29(4,5)38-24(32)19-22(17-15-13-11-9-7-2)37-28-27(35)26(34)25(33)20(3)36-28/h20-22,25-28,33-35H,6-19H2,1-5H3,(H,30,31)/t20-,21-,22-,25-,26-,27-,28-/m1/s1. The summed E-state index contributed by atoms with van der Waals surface area (Å²) in [7, 11) is 0. The van der Waals surface area contributed by atoms with Gasteiger partial charge in [-0.3, -0.25) is 9.59 Å². The van der Waals surface area contributed by atoms with Gasteiger partial charge in [-0.15, -0.1) is 0 Å². The van der Waals surface area contributed by atoms with Gasteiger partial charge in [0, 0.05) is 5.92 Å². The molecule has 0 bridgehead atoms. The number of carboxylic acid groups (broad SMARTS) is 1. The molecule has 9 nitrogen and oxygen atoms in total. The van der Waals surface area contributed by atoms with E-state index in [-0.39, 0.29) is 18.8 Å². The van der Waals surface area contributed by atoms with Gasteiger partial charge in [-0.05, 0) is 33.6 Å². The molecule has 0 saturated carbocycles. The normalized spacial score (nSPS) is 25.6. The van der Waals surface area contributed by atoms with Crippen LogP contribution in [0.2, 0.25) is 0 Å². The van der Waals surface area contributed by atoms with Crippen LogP contribution < -0.4 is 0 Å². The van der Waals surface area contributed by atoms with Gasteiger partial charge in [-0.2, -0.15) is 0 Å². The lowest BCUT2D eigenvalue weighted by Crippen LogP contribution is -2.58. The van der Waals surface area contributed by atoms with Crippen LogP contribution in [-0.2, 0) is 23.8 Å². The molecule has 1 aliphatic rings. The van der Waals surface area contributed by atoms with Crippen LogP contribution in [0.5, 0.6) is 0 Å². The van der Waals surface area contributed by atoms with E-state index < -0.39 is 54.3 Å². The van der Waals surface area contributed by atoms with Gasteiger partial charge in [0.1, 0.15) is 23.9 Å². The number of carbonyl (C=O) groups is 2. The molecule has 4 N–H and O–H groups in total. The predicted molar refractivity (Wildman–Crippen MR) is 145 cm³/mol. The Bertz CT molecular complexity index is 668. The van der Waals surface area contributed by atoms with Crippen LogP contribution in [0.25, 0.3) is 0 Å². The lowest BCUT2D eigenvalue weighted by molar-refractivity contribution is -0.304. The highest BCUT2D eigenvalue weighted by atomic mass is 16.7.